The Morgan fingerprint density at radius 1 is 1.10 bits per heavy atom. The van der Waals surface area contributed by atoms with E-state index in [2.05, 4.69) is 10.6 Å². The van der Waals surface area contributed by atoms with E-state index in [9.17, 15) is 24.5 Å². The highest BCUT2D eigenvalue weighted by Gasteiger charge is 2.26. The average molecular weight is 444 g/mol. The Bertz CT molecular complexity index is 1240. The number of nitrogens with zero attached hydrogens (tertiary/aromatic N) is 1. The van der Waals surface area contributed by atoms with Crippen molar-refractivity contribution >= 4 is 45.8 Å². The van der Waals surface area contributed by atoms with Crippen LogP contribution >= 0.6 is 11.6 Å². The third-order valence-electron chi connectivity index (χ3n) is 4.53. The Kier molecular flexibility index (Phi) is 6.36. The molecule has 3 aromatic rings. The van der Waals surface area contributed by atoms with Gasteiger partial charge in [0.1, 0.15) is 16.6 Å². The molecule has 0 aliphatic rings. The Morgan fingerprint density at radius 3 is 2.52 bits per heavy atom. The standard InChI is InChI=1S/C21H18ClN3O6/c1-11(2)19(24-20(27)13-3-6-15(22)16(10-13)25(29)30)21(28)23-14-5-7-17-12(9-14)4-8-18(26)31-17/h3-11,19H,1-2H3,(H,23,28)(H,24,27). The first-order valence-electron chi connectivity index (χ1n) is 9.25. The number of nitro benzene ring substituents is 1. The Balaban J connectivity index is 1.78. The number of hydrogen-bond donors (Lipinski definition) is 2. The van der Waals surface area contributed by atoms with E-state index in [0.717, 1.165) is 6.07 Å². The number of amides is 2. The fourth-order valence-corrected chi connectivity index (χ4v) is 3.11. The van der Waals surface area contributed by atoms with Gasteiger partial charge in [0.05, 0.1) is 4.92 Å². The largest absolute Gasteiger partial charge is 0.423 e. The summed E-state index contributed by atoms with van der Waals surface area (Å²) in [4.78, 5) is 47.1. The van der Waals surface area contributed by atoms with E-state index in [1.807, 2.05) is 0 Å². The zero-order chi connectivity index (χ0) is 22.7. The van der Waals surface area contributed by atoms with Crippen molar-refractivity contribution in [1.29, 1.82) is 0 Å². The molecule has 1 atom stereocenters. The van der Waals surface area contributed by atoms with E-state index in [1.165, 1.54) is 18.2 Å². The molecule has 3 rings (SSSR count). The molecule has 0 bridgehead atoms. The minimum Gasteiger partial charge on any atom is -0.423 e. The number of benzene rings is 2. The molecule has 9 nitrogen and oxygen atoms in total. The van der Waals surface area contributed by atoms with Gasteiger partial charge in [-0.1, -0.05) is 25.4 Å². The first kappa shape index (κ1) is 22.0. The van der Waals surface area contributed by atoms with Crippen LogP contribution in [0.1, 0.15) is 24.2 Å². The predicted octanol–water partition coefficient (Wildman–Crippen LogP) is 3.75. The predicted molar refractivity (Wildman–Crippen MR) is 115 cm³/mol. The minimum absolute atomic E-state index is 0.00952. The number of carbonyl (C=O) groups excluding carboxylic acids is 2. The van der Waals surface area contributed by atoms with Crippen LogP contribution in [0, 0.1) is 16.0 Å². The molecule has 1 aromatic heterocycles. The molecule has 0 spiro atoms. The molecule has 10 heteroatoms. The molecule has 0 fully saturated rings. The summed E-state index contributed by atoms with van der Waals surface area (Å²) >= 11 is 5.78. The molecule has 1 heterocycles. The summed E-state index contributed by atoms with van der Waals surface area (Å²) in [6.45, 7) is 3.51. The summed E-state index contributed by atoms with van der Waals surface area (Å²) in [5.74, 6) is -1.39. The van der Waals surface area contributed by atoms with Gasteiger partial charge in [0.25, 0.3) is 11.6 Å². The number of hydrogen-bond acceptors (Lipinski definition) is 6. The summed E-state index contributed by atoms with van der Waals surface area (Å²) in [6.07, 6.45) is 0. The summed E-state index contributed by atoms with van der Waals surface area (Å²) < 4.78 is 5.06. The summed E-state index contributed by atoms with van der Waals surface area (Å²) in [5, 5.41) is 16.9. The molecule has 2 N–H and O–H groups in total. The minimum atomic E-state index is -0.911. The molecular formula is C21H18ClN3O6. The van der Waals surface area contributed by atoms with Crippen molar-refractivity contribution < 1.29 is 18.9 Å². The highest BCUT2D eigenvalue weighted by molar-refractivity contribution is 6.32. The van der Waals surface area contributed by atoms with Crippen LogP contribution in [0.2, 0.25) is 5.02 Å². The van der Waals surface area contributed by atoms with Gasteiger partial charge < -0.3 is 15.1 Å². The Labute approximate surface area is 181 Å². The lowest BCUT2D eigenvalue weighted by atomic mass is 10.0. The van der Waals surface area contributed by atoms with Crippen LogP contribution in [0.25, 0.3) is 11.0 Å². The molecular weight excluding hydrogens is 426 g/mol. The monoisotopic (exact) mass is 443 g/mol. The van der Waals surface area contributed by atoms with Gasteiger partial charge in [-0.05, 0) is 42.3 Å². The molecule has 0 aliphatic heterocycles. The SMILES string of the molecule is CC(C)C(NC(=O)c1ccc(Cl)c([N+](=O)[O-])c1)C(=O)Nc1ccc2oc(=O)ccc2c1. The van der Waals surface area contributed by atoms with Gasteiger partial charge in [0, 0.05) is 28.8 Å². The maximum Gasteiger partial charge on any atom is 0.336 e. The lowest BCUT2D eigenvalue weighted by molar-refractivity contribution is -0.384. The first-order chi connectivity index (χ1) is 14.7. The number of fused-ring (bicyclic) bond motifs is 1. The maximum atomic E-state index is 12.8. The average Bonchev–Trinajstić information content (AvgIpc) is 2.71. The number of anilines is 1. The maximum absolute atomic E-state index is 12.8. The lowest BCUT2D eigenvalue weighted by Gasteiger charge is -2.22. The van der Waals surface area contributed by atoms with Gasteiger partial charge in [0.2, 0.25) is 5.91 Å². The zero-order valence-corrected chi connectivity index (χ0v) is 17.3. The molecule has 0 radical (unpaired) electrons. The van der Waals surface area contributed by atoms with Gasteiger partial charge in [-0.2, -0.15) is 0 Å². The van der Waals surface area contributed by atoms with Gasteiger partial charge in [-0.25, -0.2) is 4.79 Å². The quantitative estimate of drug-likeness (QED) is 0.339. The third kappa shape index (κ3) is 5.07. The van der Waals surface area contributed by atoms with E-state index in [0.29, 0.717) is 16.7 Å². The van der Waals surface area contributed by atoms with E-state index >= 15 is 0 Å². The second kappa shape index (κ2) is 8.97. The van der Waals surface area contributed by atoms with Crippen molar-refractivity contribution in [3.8, 4) is 0 Å². The molecule has 0 saturated heterocycles. The van der Waals surface area contributed by atoms with Gasteiger partial charge in [0.15, 0.2) is 0 Å². The van der Waals surface area contributed by atoms with E-state index < -0.39 is 34.1 Å². The van der Waals surface area contributed by atoms with Crippen molar-refractivity contribution in [2.75, 3.05) is 5.32 Å². The third-order valence-corrected chi connectivity index (χ3v) is 4.85. The molecule has 1 unspecified atom stereocenters. The summed E-state index contributed by atoms with van der Waals surface area (Å²) in [6, 6.07) is 10.4. The number of halogens is 1. The number of nitrogens with one attached hydrogen (secondary N) is 2. The second-order valence-electron chi connectivity index (χ2n) is 7.11. The van der Waals surface area contributed by atoms with Crippen molar-refractivity contribution in [3.05, 3.63) is 79.7 Å². The number of nitro groups is 1. The number of rotatable bonds is 6. The Morgan fingerprint density at radius 2 is 1.84 bits per heavy atom. The van der Waals surface area contributed by atoms with Gasteiger partial charge in [-0.15, -0.1) is 0 Å². The number of carbonyl (C=O) groups is 2. The molecule has 2 aromatic carbocycles. The van der Waals surface area contributed by atoms with E-state index in [4.69, 9.17) is 16.0 Å². The molecule has 31 heavy (non-hydrogen) atoms. The van der Waals surface area contributed by atoms with Crippen LogP contribution in [0.4, 0.5) is 11.4 Å². The zero-order valence-electron chi connectivity index (χ0n) is 16.5. The smallest absolute Gasteiger partial charge is 0.336 e. The van der Waals surface area contributed by atoms with Crippen LogP contribution in [0.5, 0.6) is 0 Å². The first-order valence-corrected chi connectivity index (χ1v) is 9.63. The van der Waals surface area contributed by atoms with E-state index in [-0.39, 0.29) is 16.5 Å². The summed E-state index contributed by atoms with van der Waals surface area (Å²) in [7, 11) is 0. The Hall–Kier alpha value is -3.72. The molecule has 0 saturated carbocycles. The van der Waals surface area contributed by atoms with Crippen molar-refractivity contribution in [2.24, 2.45) is 5.92 Å². The fourth-order valence-electron chi connectivity index (χ4n) is 2.92. The van der Waals surface area contributed by atoms with Crippen LogP contribution in [0.15, 0.2) is 57.7 Å². The van der Waals surface area contributed by atoms with Gasteiger partial charge in [-0.3, -0.25) is 19.7 Å². The second-order valence-corrected chi connectivity index (χ2v) is 7.52. The fraction of sp³-hybridized carbons (Fsp3) is 0.190. The molecule has 2 amide bonds. The van der Waals surface area contributed by atoms with Crippen molar-refractivity contribution in [3.63, 3.8) is 0 Å². The topological polar surface area (TPSA) is 132 Å². The molecule has 160 valence electrons. The normalized spacial score (nSPS) is 11.9. The van der Waals surface area contributed by atoms with Gasteiger partial charge >= 0.3 is 5.63 Å². The highest BCUT2D eigenvalue weighted by Crippen LogP contribution is 2.25. The van der Waals surface area contributed by atoms with Crippen LogP contribution in [-0.2, 0) is 4.79 Å². The van der Waals surface area contributed by atoms with Crippen molar-refractivity contribution in [2.45, 2.75) is 19.9 Å². The van der Waals surface area contributed by atoms with Crippen LogP contribution < -0.4 is 16.3 Å². The highest BCUT2D eigenvalue weighted by atomic mass is 35.5. The van der Waals surface area contributed by atoms with Crippen molar-refractivity contribution in [1.82, 2.24) is 5.32 Å². The van der Waals surface area contributed by atoms with Crippen LogP contribution in [0.3, 0.4) is 0 Å². The summed E-state index contributed by atoms with van der Waals surface area (Å²) in [5.41, 5.74) is -0.0378. The van der Waals surface area contributed by atoms with Crippen LogP contribution in [-0.4, -0.2) is 22.8 Å². The molecule has 0 aliphatic carbocycles. The van der Waals surface area contributed by atoms with E-state index in [1.54, 1.807) is 38.1 Å². The lowest BCUT2D eigenvalue weighted by Crippen LogP contribution is -2.47.